The van der Waals surface area contributed by atoms with Crippen LogP contribution in [0.25, 0.3) is 0 Å². The van der Waals surface area contributed by atoms with Gasteiger partial charge in [0.25, 0.3) is 5.91 Å². The third kappa shape index (κ3) is 3.64. The number of thiocarbonyl (C=S) groups is 1. The van der Waals surface area contributed by atoms with Crippen LogP contribution in [0.4, 0.5) is 0 Å². The summed E-state index contributed by atoms with van der Waals surface area (Å²) in [6.07, 6.45) is 4.16. The number of aromatic hydroxyl groups is 1. The van der Waals surface area contributed by atoms with Gasteiger partial charge in [-0.1, -0.05) is 25.1 Å². The van der Waals surface area contributed by atoms with Crippen LogP contribution in [0.15, 0.2) is 18.2 Å². The number of ether oxygens (including phenoxy) is 1. The van der Waals surface area contributed by atoms with Gasteiger partial charge in [0.1, 0.15) is 0 Å². The van der Waals surface area contributed by atoms with Gasteiger partial charge in [-0.3, -0.25) is 4.79 Å². The number of phenolic OH excluding ortho intramolecular Hbond substituents is 1. The summed E-state index contributed by atoms with van der Waals surface area (Å²) in [5, 5.41) is 9.82. The molecule has 2 rings (SSSR count). The Labute approximate surface area is 129 Å². The zero-order valence-electron chi connectivity index (χ0n) is 12.0. The van der Waals surface area contributed by atoms with E-state index in [0.29, 0.717) is 16.3 Å². The van der Waals surface area contributed by atoms with Gasteiger partial charge in [0.2, 0.25) is 0 Å². The lowest BCUT2D eigenvalue weighted by molar-refractivity contribution is 0.0714. The number of hydrogen-bond acceptors (Lipinski definition) is 4. The van der Waals surface area contributed by atoms with Gasteiger partial charge >= 0.3 is 0 Å². The molecule has 1 aromatic rings. The van der Waals surface area contributed by atoms with Crippen molar-refractivity contribution in [1.82, 2.24) is 4.90 Å². The summed E-state index contributed by atoms with van der Waals surface area (Å²) in [6, 6.07) is 4.81. The second-order valence-electron chi connectivity index (χ2n) is 5.22. The number of benzene rings is 1. The number of carbonyl (C=O) groups excluding carboxylic acids is 1. The van der Waals surface area contributed by atoms with Crippen LogP contribution in [0.5, 0.6) is 11.5 Å². The molecule has 1 saturated carbocycles. The summed E-state index contributed by atoms with van der Waals surface area (Å²) in [4.78, 5) is 14.7. The first-order chi connectivity index (χ1) is 10.0. The minimum Gasteiger partial charge on any atom is -0.504 e. The SMILES string of the molecule is COc1ccc(C(=O)N(CC(N)=S)C2CCCC2)cc1O. The number of carbonyl (C=O) groups is 1. The zero-order valence-corrected chi connectivity index (χ0v) is 12.9. The standard InChI is InChI=1S/C15H20N2O3S/c1-20-13-7-6-10(8-12(13)18)15(19)17(9-14(16)21)11-4-2-3-5-11/h6-8,11,18H,2-5,9H2,1H3,(H2,16,21). The van der Waals surface area contributed by atoms with Crippen molar-refractivity contribution in [2.24, 2.45) is 5.73 Å². The van der Waals surface area contributed by atoms with Crippen molar-refractivity contribution in [2.45, 2.75) is 31.7 Å². The molecule has 1 fully saturated rings. The predicted octanol–water partition coefficient (Wildman–Crippen LogP) is 2.07. The van der Waals surface area contributed by atoms with E-state index < -0.39 is 0 Å². The summed E-state index contributed by atoms with van der Waals surface area (Å²) < 4.78 is 4.99. The van der Waals surface area contributed by atoms with E-state index in [9.17, 15) is 9.90 Å². The van der Waals surface area contributed by atoms with Crippen LogP contribution in [-0.2, 0) is 0 Å². The second-order valence-corrected chi connectivity index (χ2v) is 5.75. The monoisotopic (exact) mass is 308 g/mol. The Kier molecular flexibility index (Phi) is 5.01. The molecule has 0 aromatic heterocycles. The zero-order chi connectivity index (χ0) is 15.4. The summed E-state index contributed by atoms with van der Waals surface area (Å²) >= 11 is 4.96. The van der Waals surface area contributed by atoms with Gasteiger partial charge in [0, 0.05) is 11.6 Å². The van der Waals surface area contributed by atoms with Crippen LogP contribution in [0.3, 0.4) is 0 Å². The quantitative estimate of drug-likeness (QED) is 0.815. The van der Waals surface area contributed by atoms with E-state index in [1.165, 1.54) is 13.2 Å². The molecule has 0 radical (unpaired) electrons. The van der Waals surface area contributed by atoms with Crippen molar-refractivity contribution in [3.8, 4) is 11.5 Å². The lowest BCUT2D eigenvalue weighted by atomic mass is 10.1. The van der Waals surface area contributed by atoms with Gasteiger partial charge in [-0.2, -0.15) is 0 Å². The molecule has 6 heteroatoms. The van der Waals surface area contributed by atoms with E-state index in [-0.39, 0.29) is 24.2 Å². The molecule has 0 spiro atoms. The lowest BCUT2D eigenvalue weighted by Crippen LogP contribution is -2.43. The van der Waals surface area contributed by atoms with E-state index in [1.807, 2.05) is 0 Å². The molecular formula is C15H20N2O3S. The molecule has 1 aromatic carbocycles. The molecule has 0 heterocycles. The molecule has 0 unspecified atom stereocenters. The second kappa shape index (κ2) is 6.76. The molecule has 114 valence electrons. The van der Waals surface area contributed by atoms with Crippen LogP contribution in [0, 0.1) is 0 Å². The van der Waals surface area contributed by atoms with Gasteiger partial charge in [-0.15, -0.1) is 0 Å². The van der Waals surface area contributed by atoms with Crippen LogP contribution in [0.2, 0.25) is 0 Å². The minimum absolute atomic E-state index is 0.0509. The summed E-state index contributed by atoms with van der Waals surface area (Å²) in [5.41, 5.74) is 6.03. The van der Waals surface area contributed by atoms with Crippen molar-refractivity contribution in [3.63, 3.8) is 0 Å². The molecular weight excluding hydrogens is 288 g/mol. The van der Waals surface area contributed by atoms with Crippen molar-refractivity contribution in [3.05, 3.63) is 23.8 Å². The number of methoxy groups -OCH3 is 1. The Balaban J connectivity index is 2.24. The molecule has 0 atom stereocenters. The van der Waals surface area contributed by atoms with Crippen LogP contribution < -0.4 is 10.5 Å². The fraction of sp³-hybridized carbons (Fsp3) is 0.467. The Hall–Kier alpha value is -1.82. The highest BCUT2D eigenvalue weighted by Crippen LogP contribution is 2.29. The molecule has 0 aliphatic heterocycles. The smallest absolute Gasteiger partial charge is 0.254 e. The Morgan fingerprint density at radius 2 is 2.14 bits per heavy atom. The molecule has 1 amide bonds. The minimum atomic E-state index is -0.160. The first-order valence-electron chi connectivity index (χ1n) is 6.99. The Morgan fingerprint density at radius 1 is 1.48 bits per heavy atom. The highest BCUT2D eigenvalue weighted by molar-refractivity contribution is 7.80. The average Bonchev–Trinajstić information content (AvgIpc) is 2.97. The van der Waals surface area contributed by atoms with Crippen molar-refractivity contribution in [1.29, 1.82) is 0 Å². The van der Waals surface area contributed by atoms with E-state index in [1.54, 1.807) is 17.0 Å². The highest BCUT2D eigenvalue weighted by Gasteiger charge is 2.28. The Bertz CT molecular complexity index is 542. The number of rotatable bonds is 5. The van der Waals surface area contributed by atoms with Gasteiger partial charge < -0.3 is 20.5 Å². The van der Waals surface area contributed by atoms with Gasteiger partial charge in [0.05, 0.1) is 18.6 Å². The molecule has 0 saturated heterocycles. The maximum Gasteiger partial charge on any atom is 0.254 e. The fourth-order valence-electron chi connectivity index (χ4n) is 2.74. The van der Waals surface area contributed by atoms with E-state index >= 15 is 0 Å². The van der Waals surface area contributed by atoms with Crippen molar-refractivity contribution >= 4 is 23.1 Å². The molecule has 21 heavy (non-hydrogen) atoms. The van der Waals surface area contributed by atoms with Crippen molar-refractivity contribution < 1.29 is 14.6 Å². The number of hydrogen-bond donors (Lipinski definition) is 2. The molecule has 1 aliphatic carbocycles. The lowest BCUT2D eigenvalue weighted by Gasteiger charge is -2.28. The maximum absolute atomic E-state index is 12.7. The first kappa shape index (κ1) is 15.6. The summed E-state index contributed by atoms with van der Waals surface area (Å²) in [5.74, 6) is 0.131. The van der Waals surface area contributed by atoms with Gasteiger partial charge in [-0.05, 0) is 31.0 Å². The summed E-state index contributed by atoms with van der Waals surface area (Å²) in [7, 11) is 1.47. The predicted molar refractivity (Wildman–Crippen MR) is 84.7 cm³/mol. The molecule has 3 N–H and O–H groups in total. The molecule has 1 aliphatic rings. The number of amides is 1. The molecule has 0 bridgehead atoms. The topological polar surface area (TPSA) is 75.8 Å². The van der Waals surface area contributed by atoms with E-state index in [0.717, 1.165) is 25.7 Å². The summed E-state index contributed by atoms with van der Waals surface area (Å²) in [6.45, 7) is 0.269. The average molecular weight is 308 g/mol. The van der Waals surface area contributed by atoms with E-state index in [4.69, 9.17) is 22.7 Å². The third-order valence-corrected chi connectivity index (χ3v) is 3.91. The normalized spacial score (nSPS) is 14.9. The van der Waals surface area contributed by atoms with Crippen molar-refractivity contribution in [2.75, 3.05) is 13.7 Å². The maximum atomic E-state index is 12.7. The van der Waals surface area contributed by atoms with Gasteiger partial charge in [0.15, 0.2) is 11.5 Å². The number of nitrogens with two attached hydrogens (primary N) is 1. The Morgan fingerprint density at radius 3 is 2.67 bits per heavy atom. The van der Waals surface area contributed by atoms with Crippen LogP contribution in [0.1, 0.15) is 36.0 Å². The van der Waals surface area contributed by atoms with Crippen LogP contribution >= 0.6 is 12.2 Å². The number of phenols is 1. The fourth-order valence-corrected chi connectivity index (χ4v) is 2.88. The third-order valence-electron chi connectivity index (χ3n) is 3.78. The first-order valence-corrected chi connectivity index (χ1v) is 7.40. The van der Waals surface area contributed by atoms with Gasteiger partial charge in [-0.25, -0.2) is 0 Å². The van der Waals surface area contributed by atoms with E-state index in [2.05, 4.69) is 0 Å². The highest BCUT2D eigenvalue weighted by atomic mass is 32.1. The number of nitrogens with zero attached hydrogens (tertiary/aromatic N) is 1. The largest absolute Gasteiger partial charge is 0.504 e. The molecule has 5 nitrogen and oxygen atoms in total. The van der Waals surface area contributed by atoms with Crippen LogP contribution in [-0.4, -0.2) is 40.6 Å².